The summed E-state index contributed by atoms with van der Waals surface area (Å²) in [6.45, 7) is 5.16. The average Bonchev–Trinajstić information content (AvgIpc) is 3.17. The zero-order valence-corrected chi connectivity index (χ0v) is 18.2. The maximum absolute atomic E-state index is 12.6. The molecule has 1 aliphatic heterocycles. The van der Waals surface area contributed by atoms with E-state index in [0.29, 0.717) is 24.8 Å². The average molecular weight is 437 g/mol. The Morgan fingerprint density at radius 2 is 1.84 bits per heavy atom. The van der Waals surface area contributed by atoms with Gasteiger partial charge in [-0.3, -0.25) is 14.8 Å². The van der Waals surface area contributed by atoms with E-state index in [9.17, 15) is 4.79 Å². The highest BCUT2D eigenvalue weighted by Crippen LogP contribution is 2.19. The molecule has 3 heterocycles. The molecule has 0 spiro atoms. The van der Waals surface area contributed by atoms with Gasteiger partial charge in [0.15, 0.2) is 0 Å². The van der Waals surface area contributed by atoms with Gasteiger partial charge < -0.3 is 5.32 Å². The topological polar surface area (TPSA) is 78.3 Å². The molecular formula is C23H25ClN6O. The molecule has 7 nitrogen and oxygen atoms in total. The zero-order valence-electron chi connectivity index (χ0n) is 17.3. The quantitative estimate of drug-likeness (QED) is 0.501. The van der Waals surface area contributed by atoms with Crippen LogP contribution in [0.5, 0.6) is 0 Å². The van der Waals surface area contributed by atoms with E-state index in [1.807, 2.05) is 0 Å². The fraction of sp³-hybridized carbons (Fsp3) is 0.261. The van der Waals surface area contributed by atoms with Crippen molar-refractivity contribution in [3.8, 4) is 0 Å². The highest BCUT2D eigenvalue weighted by Gasteiger charge is 2.17. The van der Waals surface area contributed by atoms with Crippen LogP contribution in [0.4, 0.5) is 5.95 Å². The molecule has 31 heavy (non-hydrogen) atoms. The van der Waals surface area contributed by atoms with Crippen molar-refractivity contribution in [1.82, 2.24) is 24.5 Å². The summed E-state index contributed by atoms with van der Waals surface area (Å²) in [6.07, 6.45) is 1.02. The van der Waals surface area contributed by atoms with E-state index in [4.69, 9.17) is 0 Å². The molecule has 0 radical (unpaired) electrons. The van der Waals surface area contributed by atoms with Crippen LogP contribution in [-0.2, 0) is 26.1 Å². The van der Waals surface area contributed by atoms with Crippen LogP contribution in [0.3, 0.4) is 0 Å². The maximum Gasteiger partial charge on any atom is 0.274 e. The van der Waals surface area contributed by atoms with E-state index in [-0.39, 0.29) is 18.0 Å². The number of hydrogen-bond acceptors (Lipinski definition) is 5. The molecule has 0 aliphatic carbocycles. The Hall–Kier alpha value is -3.16. The van der Waals surface area contributed by atoms with Crippen LogP contribution in [-0.4, -0.2) is 31.0 Å². The molecule has 2 N–H and O–H groups in total. The number of H-pyrrole nitrogens is 1. The first-order chi connectivity index (χ1) is 14.6. The third-order valence-corrected chi connectivity index (χ3v) is 5.56. The minimum atomic E-state index is -0.150. The minimum absolute atomic E-state index is 0. The van der Waals surface area contributed by atoms with Gasteiger partial charge in [0.05, 0.1) is 5.69 Å². The summed E-state index contributed by atoms with van der Waals surface area (Å²) in [5, 5.41) is 6.23. The first-order valence-electron chi connectivity index (χ1n) is 10.2. The molecule has 1 aliphatic rings. The molecular weight excluding hydrogens is 412 g/mol. The Kier molecular flexibility index (Phi) is 6.06. The minimum Gasteiger partial charge on any atom is -0.351 e. The lowest BCUT2D eigenvalue weighted by Gasteiger charge is -2.28. The number of anilines is 1. The number of aromatic nitrogens is 4. The van der Waals surface area contributed by atoms with Crippen molar-refractivity contribution >= 4 is 24.1 Å². The Morgan fingerprint density at radius 1 is 1.06 bits per heavy atom. The molecule has 5 rings (SSSR count). The number of rotatable bonds is 5. The van der Waals surface area contributed by atoms with Crippen LogP contribution in [0.2, 0.25) is 0 Å². The second-order valence-electron chi connectivity index (χ2n) is 7.86. The van der Waals surface area contributed by atoms with Crippen LogP contribution in [0.15, 0.2) is 59.4 Å². The highest BCUT2D eigenvalue weighted by molar-refractivity contribution is 5.85. The van der Waals surface area contributed by atoms with Crippen molar-refractivity contribution in [2.75, 3.05) is 11.9 Å². The molecule has 0 saturated heterocycles. The summed E-state index contributed by atoms with van der Waals surface area (Å²) in [4.78, 5) is 24.0. The molecule has 4 aromatic rings. The Labute approximate surface area is 186 Å². The lowest BCUT2D eigenvalue weighted by molar-refractivity contribution is 0.242. The second-order valence-corrected chi connectivity index (χ2v) is 7.86. The van der Waals surface area contributed by atoms with E-state index in [1.54, 1.807) is 6.07 Å². The predicted molar refractivity (Wildman–Crippen MR) is 124 cm³/mol. The van der Waals surface area contributed by atoms with Gasteiger partial charge in [-0.1, -0.05) is 54.1 Å². The van der Waals surface area contributed by atoms with Crippen LogP contribution >= 0.6 is 12.4 Å². The fourth-order valence-electron chi connectivity index (χ4n) is 3.90. The molecule has 0 saturated carbocycles. The first-order valence-corrected chi connectivity index (χ1v) is 10.2. The molecule has 2 aromatic carbocycles. The summed E-state index contributed by atoms with van der Waals surface area (Å²) < 4.78 is 1.38. The summed E-state index contributed by atoms with van der Waals surface area (Å²) >= 11 is 0. The van der Waals surface area contributed by atoms with Gasteiger partial charge in [0.2, 0.25) is 5.95 Å². The van der Waals surface area contributed by atoms with Crippen molar-refractivity contribution < 1.29 is 0 Å². The van der Waals surface area contributed by atoms with E-state index in [2.05, 4.69) is 80.7 Å². The predicted octanol–water partition coefficient (Wildman–Crippen LogP) is 3.32. The SMILES string of the molecule is Cc1ccc(CNc2nc3nc(CN4CCc5ccccc5C4)cc(=O)n3[nH]2)cc1.Cl. The molecule has 2 aromatic heterocycles. The first kappa shape index (κ1) is 21.1. The number of nitrogens with one attached hydrogen (secondary N) is 2. The molecule has 160 valence electrons. The smallest absolute Gasteiger partial charge is 0.274 e. The lowest BCUT2D eigenvalue weighted by atomic mass is 10.00. The largest absolute Gasteiger partial charge is 0.351 e. The number of nitrogens with zero attached hydrogens (tertiary/aromatic N) is 4. The van der Waals surface area contributed by atoms with Crippen molar-refractivity contribution in [1.29, 1.82) is 0 Å². The fourth-order valence-corrected chi connectivity index (χ4v) is 3.90. The molecule has 0 unspecified atom stereocenters. The molecule has 8 heteroatoms. The van der Waals surface area contributed by atoms with Gasteiger partial charge in [0.25, 0.3) is 11.3 Å². The Bertz CT molecular complexity index is 1250. The van der Waals surface area contributed by atoms with Crippen LogP contribution in [0.25, 0.3) is 5.78 Å². The Balaban J connectivity index is 0.00000231. The van der Waals surface area contributed by atoms with E-state index in [0.717, 1.165) is 30.8 Å². The molecule has 0 fully saturated rings. The Morgan fingerprint density at radius 3 is 2.65 bits per heavy atom. The number of aromatic amines is 1. The molecule has 0 amide bonds. The van der Waals surface area contributed by atoms with Crippen LogP contribution in [0, 0.1) is 6.92 Å². The van der Waals surface area contributed by atoms with Crippen LogP contribution in [0.1, 0.15) is 27.9 Å². The number of fused-ring (bicyclic) bond motifs is 2. The molecule has 0 atom stereocenters. The number of benzene rings is 2. The number of hydrogen-bond donors (Lipinski definition) is 2. The zero-order chi connectivity index (χ0) is 20.5. The maximum atomic E-state index is 12.6. The summed E-state index contributed by atoms with van der Waals surface area (Å²) in [7, 11) is 0. The van der Waals surface area contributed by atoms with Gasteiger partial charge in [-0.25, -0.2) is 4.98 Å². The van der Waals surface area contributed by atoms with Crippen molar-refractivity contribution in [2.45, 2.75) is 33.0 Å². The number of halogens is 1. The van der Waals surface area contributed by atoms with Gasteiger partial charge in [-0.15, -0.1) is 12.4 Å². The monoisotopic (exact) mass is 436 g/mol. The van der Waals surface area contributed by atoms with Gasteiger partial charge >= 0.3 is 0 Å². The van der Waals surface area contributed by atoms with Crippen molar-refractivity contribution in [3.05, 3.63) is 92.9 Å². The van der Waals surface area contributed by atoms with Gasteiger partial charge in [0.1, 0.15) is 0 Å². The lowest BCUT2D eigenvalue weighted by Crippen LogP contribution is -2.31. The van der Waals surface area contributed by atoms with Gasteiger partial charge in [0, 0.05) is 32.2 Å². The summed E-state index contributed by atoms with van der Waals surface area (Å²) in [5.41, 5.74) is 5.73. The van der Waals surface area contributed by atoms with E-state index in [1.165, 1.54) is 21.2 Å². The normalized spacial score (nSPS) is 13.6. The van der Waals surface area contributed by atoms with Crippen molar-refractivity contribution in [3.63, 3.8) is 0 Å². The highest BCUT2D eigenvalue weighted by atomic mass is 35.5. The number of aryl methyl sites for hydroxylation is 1. The van der Waals surface area contributed by atoms with Crippen LogP contribution < -0.4 is 10.9 Å². The van der Waals surface area contributed by atoms with Gasteiger partial charge in [-0.2, -0.15) is 9.50 Å². The van der Waals surface area contributed by atoms with E-state index >= 15 is 0 Å². The summed E-state index contributed by atoms with van der Waals surface area (Å²) in [5.74, 6) is 0.922. The van der Waals surface area contributed by atoms with Crippen molar-refractivity contribution in [2.24, 2.45) is 0 Å². The third kappa shape index (κ3) is 4.62. The second kappa shape index (κ2) is 8.91. The standard InChI is InChI=1S/C23H24N6O.ClH/c1-16-6-8-17(9-7-16)13-24-22-26-23-25-20(12-21(30)29(23)27-22)15-28-11-10-18-4-2-3-5-19(18)14-28;/h2-9,12H,10-11,13-15H2,1H3,(H2,24,25,26,27);1H. The molecule has 0 bridgehead atoms. The van der Waals surface area contributed by atoms with Gasteiger partial charge in [-0.05, 0) is 30.0 Å². The summed E-state index contributed by atoms with van der Waals surface area (Å²) in [6, 6.07) is 18.4. The van der Waals surface area contributed by atoms with E-state index < -0.39 is 0 Å². The third-order valence-electron chi connectivity index (χ3n) is 5.56.